The summed E-state index contributed by atoms with van der Waals surface area (Å²) in [6.07, 6.45) is 7.46. The van der Waals surface area contributed by atoms with Crippen molar-refractivity contribution in [3.63, 3.8) is 0 Å². The van der Waals surface area contributed by atoms with Crippen LogP contribution in [0.15, 0.2) is 116 Å². The number of fused-ring (bicyclic) bond motifs is 2. The van der Waals surface area contributed by atoms with Gasteiger partial charge in [0.05, 0.1) is 11.2 Å². The van der Waals surface area contributed by atoms with E-state index < -0.39 is 18.3 Å². The van der Waals surface area contributed by atoms with Gasteiger partial charge in [-0.3, -0.25) is 9.97 Å². The quantitative estimate of drug-likeness (QED) is 0.169. The predicted molar refractivity (Wildman–Crippen MR) is 169 cm³/mol. The smallest absolute Gasteiger partial charge is 0.399 e. The zero-order valence-corrected chi connectivity index (χ0v) is 23.8. The van der Waals surface area contributed by atoms with E-state index in [1.54, 1.807) is 0 Å². The Labute approximate surface area is 241 Å². The van der Waals surface area contributed by atoms with E-state index in [4.69, 9.17) is 9.31 Å². The molecule has 0 amide bonds. The normalized spacial score (nSPS) is 16.0. The second-order valence-electron chi connectivity index (χ2n) is 11.8. The van der Waals surface area contributed by atoms with Crippen LogP contribution in [0.25, 0.3) is 54.9 Å². The highest BCUT2D eigenvalue weighted by Gasteiger charge is 2.52. The van der Waals surface area contributed by atoms with Crippen LogP contribution in [0, 0.1) is 0 Å². The molecular formula is C36H31BN2O2. The third-order valence-electron chi connectivity index (χ3n) is 8.67. The molecule has 2 aromatic heterocycles. The lowest BCUT2D eigenvalue weighted by atomic mass is 9.71. The summed E-state index contributed by atoms with van der Waals surface area (Å²) in [7, 11) is -0.475. The van der Waals surface area contributed by atoms with Gasteiger partial charge in [-0.25, -0.2) is 0 Å². The van der Waals surface area contributed by atoms with Crippen molar-refractivity contribution in [3.05, 3.63) is 116 Å². The number of rotatable bonds is 4. The van der Waals surface area contributed by atoms with Crippen molar-refractivity contribution < 1.29 is 9.31 Å². The zero-order valence-electron chi connectivity index (χ0n) is 23.8. The highest BCUT2D eigenvalue weighted by molar-refractivity contribution is 6.69. The van der Waals surface area contributed by atoms with Gasteiger partial charge in [0.15, 0.2) is 0 Å². The molecule has 0 bridgehead atoms. The highest BCUT2D eigenvalue weighted by atomic mass is 16.7. The molecule has 0 saturated carbocycles. The molecule has 1 saturated heterocycles. The number of pyridine rings is 2. The fourth-order valence-electron chi connectivity index (χ4n) is 5.86. The van der Waals surface area contributed by atoms with Crippen LogP contribution in [-0.4, -0.2) is 28.3 Å². The Morgan fingerprint density at radius 1 is 0.512 bits per heavy atom. The van der Waals surface area contributed by atoms with Gasteiger partial charge < -0.3 is 9.31 Å². The standard InChI is InChI=1S/C36H31BN2O2/c1-35(2)36(3,4)41-37(40-35)34-31-15-7-5-13-29(31)33(30-14-6-8-16-32(30)34)28-20-26(24-11-9-17-38-22-24)19-27(21-28)25-12-10-18-39-23-25/h5-23H,1-4H3. The Balaban J connectivity index is 1.54. The van der Waals surface area contributed by atoms with Crippen LogP contribution in [-0.2, 0) is 9.31 Å². The Bertz CT molecular complexity index is 1770. The number of hydrogen-bond acceptors (Lipinski definition) is 4. The molecule has 41 heavy (non-hydrogen) atoms. The monoisotopic (exact) mass is 534 g/mol. The molecule has 1 fully saturated rings. The maximum Gasteiger partial charge on any atom is 0.496 e. The number of benzene rings is 4. The van der Waals surface area contributed by atoms with Gasteiger partial charge in [-0.05, 0) is 107 Å². The zero-order chi connectivity index (χ0) is 28.2. The summed E-state index contributed by atoms with van der Waals surface area (Å²) in [6, 6.07) is 32.2. The van der Waals surface area contributed by atoms with E-state index >= 15 is 0 Å². The summed E-state index contributed by atoms with van der Waals surface area (Å²) in [5, 5.41) is 4.59. The lowest BCUT2D eigenvalue weighted by molar-refractivity contribution is 0.00578. The fraction of sp³-hybridized carbons (Fsp3) is 0.167. The van der Waals surface area contributed by atoms with Gasteiger partial charge in [0.25, 0.3) is 0 Å². The third-order valence-corrected chi connectivity index (χ3v) is 8.67. The van der Waals surface area contributed by atoms with Crippen molar-refractivity contribution in [3.8, 4) is 33.4 Å². The summed E-state index contributed by atoms with van der Waals surface area (Å²) in [4.78, 5) is 8.81. The summed E-state index contributed by atoms with van der Waals surface area (Å²) in [5.41, 5.74) is 6.89. The molecule has 0 atom stereocenters. The van der Waals surface area contributed by atoms with E-state index in [-0.39, 0.29) is 0 Å². The average molecular weight is 534 g/mol. The Kier molecular flexibility index (Phi) is 6.04. The van der Waals surface area contributed by atoms with Crippen molar-refractivity contribution in [1.82, 2.24) is 9.97 Å². The maximum absolute atomic E-state index is 6.63. The van der Waals surface area contributed by atoms with Crippen LogP contribution in [0.5, 0.6) is 0 Å². The summed E-state index contributed by atoms with van der Waals surface area (Å²) in [5.74, 6) is 0. The summed E-state index contributed by atoms with van der Waals surface area (Å²) >= 11 is 0. The van der Waals surface area contributed by atoms with Crippen molar-refractivity contribution in [1.29, 1.82) is 0 Å². The van der Waals surface area contributed by atoms with Crippen LogP contribution < -0.4 is 5.46 Å². The number of hydrogen-bond donors (Lipinski definition) is 0. The third kappa shape index (κ3) is 4.33. The first-order valence-corrected chi connectivity index (χ1v) is 14.1. The molecule has 7 rings (SSSR count). The van der Waals surface area contributed by atoms with Gasteiger partial charge >= 0.3 is 7.12 Å². The topological polar surface area (TPSA) is 44.2 Å². The van der Waals surface area contributed by atoms with Crippen molar-refractivity contribution in [2.75, 3.05) is 0 Å². The maximum atomic E-state index is 6.63. The summed E-state index contributed by atoms with van der Waals surface area (Å²) in [6.45, 7) is 8.43. The van der Waals surface area contributed by atoms with Gasteiger partial charge in [0.1, 0.15) is 0 Å². The number of aromatic nitrogens is 2. The Morgan fingerprint density at radius 2 is 0.951 bits per heavy atom. The second kappa shape index (κ2) is 9.65. The molecule has 4 aromatic carbocycles. The van der Waals surface area contributed by atoms with E-state index in [0.717, 1.165) is 54.8 Å². The van der Waals surface area contributed by atoms with Crippen LogP contribution in [0.1, 0.15) is 27.7 Å². The van der Waals surface area contributed by atoms with E-state index in [9.17, 15) is 0 Å². The molecule has 1 aliphatic heterocycles. The van der Waals surface area contributed by atoms with E-state index in [2.05, 4.69) is 117 Å². The van der Waals surface area contributed by atoms with Crippen LogP contribution in [0.3, 0.4) is 0 Å². The molecule has 0 unspecified atom stereocenters. The first-order chi connectivity index (χ1) is 19.8. The Morgan fingerprint density at radius 3 is 1.39 bits per heavy atom. The molecule has 0 N–H and O–H groups in total. The largest absolute Gasteiger partial charge is 0.496 e. The first-order valence-electron chi connectivity index (χ1n) is 14.1. The minimum Gasteiger partial charge on any atom is -0.399 e. The van der Waals surface area contributed by atoms with Gasteiger partial charge in [0, 0.05) is 35.9 Å². The Hall–Kier alpha value is -4.32. The molecule has 1 aliphatic rings. The van der Waals surface area contributed by atoms with Gasteiger partial charge in [-0.1, -0.05) is 60.7 Å². The molecule has 0 spiro atoms. The van der Waals surface area contributed by atoms with Gasteiger partial charge in [0.2, 0.25) is 0 Å². The minimum absolute atomic E-state index is 0.435. The molecule has 6 aromatic rings. The highest BCUT2D eigenvalue weighted by Crippen LogP contribution is 2.42. The predicted octanol–water partition coefficient (Wildman–Crippen LogP) is 8.08. The molecule has 4 nitrogen and oxygen atoms in total. The molecule has 200 valence electrons. The molecule has 5 heteroatoms. The lowest BCUT2D eigenvalue weighted by Crippen LogP contribution is -2.41. The summed E-state index contributed by atoms with van der Waals surface area (Å²) < 4.78 is 13.3. The second-order valence-corrected chi connectivity index (χ2v) is 11.8. The van der Waals surface area contributed by atoms with E-state index in [0.29, 0.717) is 0 Å². The van der Waals surface area contributed by atoms with Crippen LogP contribution in [0.4, 0.5) is 0 Å². The lowest BCUT2D eigenvalue weighted by Gasteiger charge is -2.32. The molecular weight excluding hydrogens is 503 g/mol. The first kappa shape index (κ1) is 25.6. The average Bonchev–Trinajstić information content (AvgIpc) is 3.22. The molecule has 3 heterocycles. The van der Waals surface area contributed by atoms with Crippen molar-refractivity contribution in [2.45, 2.75) is 38.9 Å². The molecule has 0 aliphatic carbocycles. The number of nitrogens with zero attached hydrogens (tertiary/aromatic N) is 2. The van der Waals surface area contributed by atoms with Gasteiger partial charge in [-0.2, -0.15) is 0 Å². The van der Waals surface area contributed by atoms with E-state index in [1.807, 2.05) is 36.9 Å². The minimum atomic E-state index is -0.475. The van der Waals surface area contributed by atoms with E-state index in [1.165, 1.54) is 5.56 Å². The van der Waals surface area contributed by atoms with Crippen LogP contribution in [0.2, 0.25) is 0 Å². The molecule has 0 radical (unpaired) electrons. The van der Waals surface area contributed by atoms with Crippen molar-refractivity contribution in [2.24, 2.45) is 0 Å². The SMILES string of the molecule is CC1(C)OB(c2c3ccccc3c(-c3cc(-c4cccnc4)cc(-c4cccnc4)c3)c3ccccc23)OC1(C)C. The fourth-order valence-corrected chi connectivity index (χ4v) is 5.86. The van der Waals surface area contributed by atoms with Crippen LogP contribution >= 0.6 is 0 Å². The van der Waals surface area contributed by atoms with Gasteiger partial charge in [-0.15, -0.1) is 0 Å². The van der Waals surface area contributed by atoms with Crippen molar-refractivity contribution >= 4 is 34.1 Å².